The molecule has 0 spiro atoms. The second-order valence-electron chi connectivity index (χ2n) is 6.60. The van der Waals surface area contributed by atoms with Gasteiger partial charge in [0.15, 0.2) is 0 Å². The highest BCUT2D eigenvalue weighted by Gasteiger charge is 2.32. The summed E-state index contributed by atoms with van der Waals surface area (Å²) in [5.74, 6) is 0.269. The summed E-state index contributed by atoms with van der Waals surface area (Å²) in [6.45, 7) is 2.05. The molecule has 1 atom stereocenters. The van der Waals surface area contributed by atoms with Gasteiger partial charge in [0.05, 0.1) is 6.61 Å². The molecule has 1 unspecified atom stereocenters. The van der Waals surface area contributed by atoms with E-state index in [2.05, 4.69) is 4.98 Å². The summed E-state index contributed by atoms with van der Waals surface area (Å²) in [6, 6.07) is 7.83. The minimum atomic E-state index is -3.48. The Labute approximate surface area is 149 Å². The van der Waals surface area contributed by atoms with Crippen LogP contribution >= 0.6 is 0 Å². The smallest absolute Gasteiger partial charge is 0.282 e. The van der Waals surface area contributed by atoms with Crippen LogP contribution in [0.2, 0.25) is 0 Å². The predicted molar refractivity (Wildman–Crippen MR) is 98.3 cm³/mol. The predicted octanol–water partition coefficient (Wildman–Crippen LogP) is 2.27. The molecule has 1 aliphatic rings. The Morgan fingerprint density at radius 1 is 1.36 bits per heavy atom. The third-order valence-electron chi connectivity index (χ3n) is 4.77. The van der Waals surface area contributed by atoms with Gasteiger partial charge in [-0.2, -0.15) is 17.0 Å². The number of hydrogen-bond donors (Lipinski definition) is 0. The lowest BCUT2D eigenvalue weighted by molar-refractivity contribution is 0.116. The zero-order valence-electron chi connectivity index (χ0n) is 14.8. The lowest BCUT2D eigenvalue weighted by Crippen LogP contribution is -2.47. The van der Waals surface area contributed by atoms with Crippen LogP contribution in [0.1, 0.15) is 18.4 Å². The molecule has 2 heterocycles. The normalized spacial score (nSPS) is 19.6. The molecule has 2 aromatic rings. The first-order chi connectivity index (χ1) is 12.0. The first-order valence-corrected chi connectivity index (χ1v) is 9.94. The monoisotopic (exact) mass is 363 g/mol. The number of rotatable bonds is 6. The molecule has 7 heteroatoms. The van der Waals surface area contributed by atoms with Crippen LogP contribution in [-0.4, -0.2) is 55.9 Å². The third kappa shape index (κ3) is 4.00. The zero-order valence-corrected chi connectivity index (χ0v) is 15.6. The van der Waals surface area contributed by atoms with Crippen LogP contribution in [0, 0.1) is 5.92 Å². The van der Waals surface area contributed by atoms with Gasteiger partial charge < -0.3 is 4.74 Å². The van der Waals surface area contributed by atoms with Crippen LogP contribution in [0.25, 0.3) is 10.8 Å². The van der Waals surface area contributed by atoms with Gasteiger partial charge in [0.1, 0.15) is 0 Å². The van der Waals surface area contributed by atoms with Gasteiger partial charge in [-0.15, -0.1) is 0 Å². The Morgan fingerprint density at radius 3 is 3.00 bits per heavy atom. The number of nitrogens with zero attached hydrogens (tertiary/aromatic N) is 3. The molecule has 136 valence electrons. The van der Waals surface area contributed by atoms with E-state index in [0.29, 0.717) is 26.2 Å². The molecule has 1 fully saturated rings. The van der Waals surface area contributed by atoms with Crippen molar-refractivity contribution in [1.29, 1.82) is 0 Å². The van der Waals surface area contributed by atoms with E-state index in [1.165, 1.54) is 4.31 Å². The molecular formula is C18H25N3O3S. The number of methoxy groups -OCH3 is 1. The fourth-order valence-corrected chi connectivity index (χ4v) is 4.91. The summed E-state index contributed by atoms with van der Waals surface area (Å²) in [6.07, 6.45) is 5.43. The number of aromatic nitrogens is 1. The molecule has 0 bridgehead atoms. The van der Waals surface area contributed by atoms with E-state index in [1.807, 2.05) is 24.3 Å². The minimum Gasteiger partial charge on any atom is -0.384 e. The average molecular weight is 363 g/mol. The quantitative estimate of drug-likeness (QED) is 0.790. The number of benzene rings is 1. The van der Waals surface area contributed by atoms with Crippen molar-refractivity contribution in [3.63, 3.8) is 0 Å². The number of piperidine rings is 1. The van der Waals surface area contributed by atoms with Crippen LogP contribution in [0.15, 0.2) is 36.7 Å². The maximum absolute atomic E-state index is 13.0. The Hall–Kier alpha value is -1.54. The fraction of sp³-hybridized carbons (Fsp3) is 0.500. The van der Waals surface area contributed by atoms with Crippen LogP contribution < -0.4 is 0 Å². The van der Waals surface area contributed by atoms with Gasteiger partial charge in [-0.1, -0.05) is 18.2 Å². The van der Waals surface area contributed by atoms with E-state index in [4.69, 9.17) is 4.74 Å². The van der Waals surface area contributed by atoms with Gasteiger partial charge in [-0.05, 0) is 35.8 Å². The molecule has 0 aliphatic carbocycles. The van der Waals surface area contributed by atoms with E-state index in [1.54, 1.807) is 30.9 Å². The maximum atomic E-state index is 13.0. The number of ether oxygens (including phenoxy) is 1. The lowest BCUT2D eigenvalue weighted by Gasteiger charge is -2.34. The summed E-state index contributed by atoms with van der Waals surface area (Å²) < 4.78 is 34.2. The molecule has 0 N–H and O–H groups in total. The molecule has 0 saturated carbocycles. The molecule has 1 aromatic heterocycles. The van der Waals surface area contributed by atoms with E-state index in [0.717, 1.165) is 29.2 Å². The largest absolute Gasteiger partial charge is 0.384 e. The van der Waals surface area contributed by atoms with Crippen molar-refractivity contribution in [2.24, 2.45) is 5.92 Å². The first-order valence-electron chi connectivity index (χ1n) is 8.54. The Bertz CT molecular complexity index is 818. The number of hydrogen-bond acceptors (Lipinski definition) is 4. The summed E-state index contributed by atoms with van der Waals surface area (Å²) in [4.78, 5) is 4.13. The molecule has 25 heavy (non-hydrogen) atoms. The summed E-state index contributed by atoms with van der Waals surface area (Å²) >= 11 is 0. The van der Waals surface area contributed by atoms with Crippen molar-refractivity contribution in [1.82, 2.24) is 13.6 Å². The van der Waals surface area contributed by atoms with Gasteiger partial charge in [0.2, 0.25) is 0 Å². The molecular weight excluding hydrogens is 338 g/mol. The third-order valence-corrected chi connectivity index (χ3v) is 6.67. The second-order valence-corrected chi connectivity index (χ2v) is 8.63. The van der Waals surface area contributed by atoms with Crippen LogP contribution in [0.4, 0.5) is 0 Å². The van der Waals surface area contributed by atoms with Crippen molar-refractivity contribution < 1.29 is 13.2 Å². The van der Waals surface area contributed by atoms with E-state index >= 15 is 0 Å². The molecule has 1 saturated heterocycles. The van der Waals surface area contributed by atoms with Crippen molar-refractivity contribution in [2.75, 3.05) is 33.9 Å². The summed E-state index contributed by atoms with van der Waals surface area (Å²) in [7, 11) is -0.175. The first kappa shape index (κ1) is 18.3. The minimum absolute atomic E-state index is 0.269. The van der Waals surface area contributed by atoms with Gasteiger partial charge in [-0.25, -0.2) is 0 Å². The van der Waals surface area contributed by atoms with E-state index < -0.39 is 10.2 Å². The Morgan fingerprint density at radius 2 is 2.20 bits per heavy atom. The lowest BCUT2D eigenvalue weighted by atomic mass is 10.0. The topological polar surface area (TPSA) is 62.7 Å². The van der Waals surface area contributed by atoms with E-state index in [9.17, 15) is 8.42 Å². The van der Waals surface area contributed by atoms with Gasteiger partial charge in [0.25, 0.3) is 10.2 Å². The Balaban J connectivity index is 1.78. The van der Waals surface area contributed by atoms with Crippen molar-refractivity contribution in [2.45, 2.75) is 19.4 Å². The van der Waals surface area contributed by atoms with Crippen molar-refractivity contribution in [3.8, 4) is 0 Å². The number of pyridine rings is 1. The van der Waals surface area contributed by atoms with Crippen LogP contribution in [0.3, 0.4) is 0 Å². The number of fused-ring (bicyclic) bond motifs is 1. The summed E-state index contributed by atoms with van der Waals surface area (Å²) in [5, 5.41) is 2.05. The molecule has 1 aromatic carbocycles. The molecule has 1 aliphatic heterocycles. The fourth-order valence-electron chi connectivity index (χ4n) is 3.45. The SMILES string of the molecule is COCC1CCCN(S(=O)(=O)N(C)Cc2cccc3cnccc23)C1. The Kier molecular flexibility index (Phi) is 5.68. The van der Waals surface area contributed by atoms with Crippen LogP contribution in [0.5, 0.6) is 0 Å². The maximum Gasteiger partial charge on any atom is 0.282 e. The molecule has 0 radical (unpaired) electrons. The van der Waals surface area contributed by atoms with Crippen molar-refractivity contribution >= 4 is 21.0 Å². The van der Waals surface area contributed by atoms with Crippen molar-refractivity contribution in [3.05, 3.63) is 42.2 Å². The molecule has 6 nitrogen and oxygen atoms in total. The van der Waals surface area contributed by atoms with Crippen LogP contribution in [-0.2, 0) is 21.5 Å². The summed E-state index contributed by atoms with van der Waals surface area (Å²) in [5.41, 5.74) is 0.983. The highest BCUT2D eigenvalue weighted by atomic mass is 32.2. The molecule has 3 rings (SSSR count). The standard InChI is InChI=1S/C18H25N3O3S/c1-20(13-17-7-3-6-16-11-19-9-8-18(16)17)25(22,23)21-10-4-5-15(12-21)14-24-2/h3,6-9,11,15H,4-5,10,12-14H2,1-2H3. The highest BCUT2D eigenvalue weighted by molar-refractivity contribution is 7.86. The van der Waals surface area contributed by atoms with Gasteiger partial charge >= 0.3 is 0 Å². The van der Waals surface area contributed by atoms with Gasteiger partial charge in [-0.3, -0.25) is 4.98 Å². The van der Waals surface area contributed by atoms with E-state index in [-0.39, 0.29) is 5.92 Å². The zero-order chi connectivity index (χ0) is 17.9. The van der Waals surface area contributed by atoms with Gasteiger partial charge in [0, 0.05) is 51.6 Å². The highest BCUT2D eigenvalue weighted by Crippen LogP contribution is 2.24. The second kappa shape index (κ2) is 7.78. The average Bonchev–Trinajstić information content (AvgIpc) is 2.62. The molecule has 0 amide bonds.